The van der Waals surface area contributed by atoms with E-state index in [0.29, 0.717) is 6.04 Å². The summed E-state index contributed by atoms with van der Waals surface area (Å²) in [6.07, 6.45) is -1.20. The number of aliphatic carboxylic acids is 2. The first-order chi connectivity index (χ1) is 18.1. The molecule has 2 N–H and O–H groups in total. The van der Waals surface area contributed by atoms with Gasteiger partial charge in [-0.25, -0.2) is 9.59 Å². The number of carbonyl (C=O) groups is 3. The summed E-state index contributed by atoms with van der Waals surface area (Å²) in [7, 11) is 0. The van der Waals surface area contributed by atoms with E-state index in [0.717, 1.165) is 64.2 Å². The van der Waals surface area contributed by atoms with Gasteiger partial charge in [0.2, 0.25) is 0 Å². The second kappa shape index (κ2) is 13.9. The first-order valence-electron chi connectivity index (χ1n) is 12.3. The number of carboxylic acids is 2. The maximum Gasteiger partial charge on any atom is 0.490 e. The summed E-state index contributed by atoms with van der Waals surface area (Å²) in [6, 6.07) is 4.58. The van der Waals surface area contributed by atoms with Crippen LogP contribution in [0.1, 0.15) is 44.6 Å². The van der Waals surface area contributed by atoms with Gasteiger partial charge in [0.15, 0.2) is 0 Å². The third-order valence-electron chi connectivity index (χ3n) is 6.63. The zero-order valence-electron chi connectivity index (χ0n) is 21.1. The smallest absolute Gasteiger partial charge is 0.475 e. The average Bonchev–Trinajstić information content (AvgIpc) is 3.26. The largest absolute Gasteiger partial charge is 0.490 e. The number of rotatable bonds is 3. The van der Waals surface area contributed by atoms with Gasteiger partial charge in [0, 0.05) is 44.6 Å². The molecule has 0 aliphatic carbocycles. The van der Waals surface area contributed by atoms with Crippen molar-refractivity contribution < 1.29 is 55.7 Å². The van der Waals surface area contributed by atoms with Crippen molar-refractivity contribution in [3.05, 3.63) is 30.1 Å². The second-order valence-corrected chi connectivity index (χ2v) is 9.54. The summed E-state index contributed by atoms with van der Waals surface area (Å²) in [5.74, 6) is -4.53. The van der Waals surface area contributed by atoms with Crippen molar-refractivity contribution in [2.45, 2.75) is 76.2 Å². The predicted octanol–water partition coefficient (Wildman–Crippen LogP) is 3.73. The topological polar surface area (TPSA) is 120 Å². The van der Waals surface area contributed by atoms with Crippen LogP contribution in [-0.4, -0.2) is 93.1 Å². The van der Waals surface area contributed by atoms with Gasteiger partial charge in [-0.05, 0) is 49.7 Å². The summed E-state index contributed by atoms with van der Waals surface area (Å²) < 4.78 is 69.7. The zero-order valence-corrected chi connectivity index (χ0v) is 21.1. The van der Waals surface area contributed by atoms with E-state index >= 15 is 0 Å². The van der Waals surface area contributed by atoms with Crippen LogP contribution >= 0.6 is 0 Å². The lowest BCUT2D eigenvalue weighted by Gasteiger charge is -2.38. The Bertz CT molecular complexity index is 930. The standard InChI is InChI=1S/C20H29N3O2.2C2HF3O2/c1-15-6-10-22(11-7-15)20(24)19-5-4-17-18(25-19)8-12-23(17)14-16-3-2-9-21-13-16;2*3-2(4,5)1(6)7/h2-3,9,13,15,17-19H,4-8,10-12,14H2,1H3;2*(H,6,7)/t17-,18-,19-;;/m1../s1. The predicted molar refractivity (Wildman–Crippen MR) is 123 cm³/mol. The number of carbonyl (C=O) groups excluding carboxylic acids is 1. The number of likely N-dealkylation sites (tertiary alicyclic amines) is 2. The molecule has 3 aliphatic heterocycles. The van der Waals surface area contributed by atoms with E-state index in [9.17, 15) is 31.1 Å². The molecule has 0 spiro atoms. The Balaban J connectivity index is 0.000000317. The quantitative estimate of drug-likeness (QED) is 0.527. The fourth-order valence-electron chi connectivity index (χ4n) is 4.55. The van der Waals surface area contributed by atoms with Crippen molar-refractivity contribution in [1.82, 2.24) is 14.8 Å². The summed E-state index contributed by atoms with van der Waals surface area (Å²) in [4.78, 5) is 39.3. The minimum Gasteiger partial charge on any atom is -0.475 e. The summed E-state index contributed by atoms with van der Waals surface area (Å²) in [5, 5.41) is 14.2. The Morgan fingerprint density at radius 2 is 1.51 bits per heavy atom. The Morgan fingerprint density at radius 3 is 2.00 bits per heavy atom. The monoisotopic (exact) mass is 571 g/mol. The van der Waals surface area contributed by atoms with E-state index < -0.39 is 24.3 Å². The zero-order chi connectivity index (χ0) is 29.4. The lowest BCUT2D eigenvalue weighted by Crippen LogP contribution is -2.50. The molecule has 3 aliphatic rings. The molecular weight excluding hydrogens is 540 g/mol. The third kappa shape index (κ3) is 10.3. The van der Waals surface area contributed by atoms with Gasteiger partial charge in [0.25, 0.3) is 5.91 Å². The number of nitrogens with zero attached hydrogens (tertiary/aromatic N) is 3. The molecule has 4 heterocycles. The number of aromatic nitrogens is 1. The SMILES string of the molecule is CC1CCN(C(=O)[C@H]2CC[C@@H]3[C@@H](CCN3Cc3cccnc3)O2)CC1.O=C(O)C(F)(F)F.O=C(O)C(F)(F)F. The molecule has 4 rings (SSSR count). The van der Waals surface area contributed by atoms with Gasteiger partial charge in [-0.2, -0.15) is 26.3 Å². The van der Waals surface area contributed by atoms with Gasteiger partial charge in [0.05, 0.1) is 6.10 Å². The lowest BCUT2D eigenvalue weighted by molar-refractivity contribution is -0.193. The number of hydrogen-bond acceptors (Lipinski definition) is 6. The number of halogens is 6. The number of fused-ring (bicyclic) bond motifs is 1. The van der Waals surface area contributed by atoms with Crippen molar-refractivity contribution in [2.75, 3.05) is 19.6 Å². The molecule has 0 unspecified atom stereocenters. The molecule has 0 saturated carbocycles. The van der Waals surface area contributed by atoms with Crippen molar-refractivity contribution in [1.29, 1.82) is 0 Å². The Hall–Kier alpha value is -2.94. The van der Waals surface area contributed by atoms with E-state index in [1.807, 2.05) is 23.4 Å². The Kier molecular flexibility index (Phi) is 11.5. The Labute approximate surface area is 220 Å². The van der Waals surface area contributed by atoms with Crippen LogP contribution < -0.4 is 0 Å². The fourth-order valence-corrected chi connectivity index (χ4v) is 4.55. The third-order valence-corrected chi connectivity index (χ3v) is 6.63. The van der Waals surface area contributed by atoms with E-state index in [2.05, 4.69) is 22.9 Å². The van der Waals surface area contributed by atoms with Crippen LogP contribution in [0, 0.1) is 5.92 Å². The van der Waals surface area contributed by atoms with Gasteiger partial charge in [-0.15, -0.1) is 0 Å². The van der Waals surface area contributed by atoms with E-state index in [1.165, 1.54) is 5.56 Å². The van der Waals surface area contributed by atoms with Crippen LogP contribution in [0.5, 0.6) is 0 Å². The molecule has 3 fully saturated rings. The number of alkyl halides is 6. The summed E-state index contributed by atoms with van der Waals surface area (Å²) >= 11 is 0. The van der Waals surface area contributed by atoms with Crippen molar-refractivity contribution in [3.8, 4) is 0 Å². The molecule has 9 nitrogen and oxygen atoms in total. The Morgan fingerprint density at radius 1 is 0.949 bits per heavy atom. The maximum atomic E-state index is 12.8. The molecule has 1 amide bonds. The van der Waals surface area contributed by atoms with Crippen LogP contribution in [0.2, 0.25) is 0 Å². The summed E-state index contributed by atoms with van der Waals surface area (Å²) in [6.45, 7) is 6.06. The van der Waals surface area contributed by atoms with Gasteiger partial charge in [-0.3, -0.25) is 14.7 Å². The number of ether oxygens (including phenoxy) is 1. The van der Waals surface area contributed by atoms with Crippen LogP contribution in [0.3, 0.4) is 0 Å². The molecule has 0 radical (unpaired) electrons. The molecule has 3 atom stereocenters. The maximum absolute atomic E-state index is 12.8. The highest BCUT2D eigenvalue weighted by Crippen LogP contribution is 2.33. The second-order valence-electron chi connectivity index (χ2n) is 9.54. The van der Waals surface area contributed by atoms with Gasteiger partial charge < -0.3 is 19.8 Å². The molecular formula is C24H31F6N3O6. The van der Waals surface area contributed by atoms with Crippen molar-refractivity contribution in [3.63, 3.8) is 0 Å². The minimum absolute atomic E-state index is 0.211. The highest BCUT2D eigenvalue weighted by molar-refractivity contribution is 5.81. The van der Waals surface area contributed by atoms with Gasteiger partial charge in [0.1, 0.15) is 6.10 Å². The van der Waals surface area contributed by atoms with Crippen LogP contribution in [-0.2, 0) is 25.7 Å². The first-order valence-corrected chi connectivity index (χ1v) is 12.3. The van der Waals surface area contributed by atoms with Gasteiger partial charge in [-0.1, -0.05) is 13.0 Å². The van der Waals surface area contributed by atoms with Crippen LogP contribution in [0.4, 0.5) is 26.3 Å². The molecule has 1 aromatic rings. The average molecular weight is 572 g/mol. The highest BCUT2D eigenvalue weighted by atomic mass is 19.4. The number of piperidine rings is 1. The number of pyridine rings is 1. The molecule has 220 valence electrons. The molecule has 0 bridgehead atoms. The van der Waals surface area contributed by atoms with Crippen molar-refractivity contribution in [2.24, 2.45) is 5.92 Å². The minimum atomic E-state index is -5.08. The normalized spacial score (nSPS) is 24.0. The number of amides is 1. The molecule has 0 aromatic carbocycles. The lowest BCUT2D eigenvalue weighted by atomic mass is 9.96. The van der Waals surface area contributed by atoms with Gasteiger partial charge >= 0.3 is 24.3 Å². The van der Waals surface area contributed by atoms with E-state index in [4.69, 9.17) is 24.5 Å². The van der Waals surface area contributed by atoms with Crippen molar-refractivity contribution >= 4 is 17.8 Å². The molecule has 39 heavy (non-hydrogen) atoms. The van der Waals surface area contributed by atoms with E-state index in [-0.39, 0.29) is 18.1 Å². The molecule has 15 heteroatoms. The fraction of sp³-hybridized carbons (Fsp3) is 0.667. The first kappa shape index (κ1) is 32.3. The van der Waals surface area contributed by atoms with E-state index in [1.54, 1.807) is 0 Å². The number of hydrogen-bond donors (Lipinski definition) is 2. The molecule has 1 aromatic heterocycles. The number of carboxylic acid groups (broad SMARTS) is 2. The summed E-state index contributed by atoms with van der Waals surface area (Å²) in [5.41, 5.74) is 1.25. The van der Waals surface area contributed by atoms with Crippen LogP contribution in [0.15, 0.2) is 24.5 Å². The molecule has 3 saturated heterocycles. The van der Waals surface area contributed by atoms with Crippen LogP contribution in [0.25, 0.3) is 0 Å². The highest BCUT2D eigenvalue weighted by Gasteiger charge is 2.43.